The van der Waals surface area contributed by atoms with Gasteiger partial charge in [0.25, 0.3) is 0 Å². The molecule has 0 radical (unpaired) electrons. The molecule has 1 atom stereocenters. The van der Waals surface area contributed by atoms with Gasteiger partial charge in [0.2, 0.25) is 17.2 Å². The number of benzene rings is 2. The van der Waals surface area contributed by atoms with Gasteiger partial charge >= 0.3 is 5.97 Å². The first-order chi connectivity index (χ1) is 12.1. The van der Waals surface area contributed by atoms with Gasteiger partial charge in [0.05, 0.1) is 11.1 Å². The van der Waals surface area contributed by atoms with Crippen molar-refractivity contribution in [2.75, 3.05) is 0 Å². The van der Waals surface area contributed by atoms with Crippen molar-refractivity contribution in [1.29, 1.82) is 0 Å². The standard InChI is InChI=1S/C17H12N4O3S/c18-17(25)20-19-13-11-7-3-4-8-12(11)21(14(13)22)15-9-5-1-2-6-10(9)16(23)24-15/h1-8,15,22H,(H2,18,25). The van der Waals surface area contributed by atoms with E-state index in [0.29, 0.717) is 22.0 Å². The van der Waals surface area contributed by atoms with Crippen molar-refractivity contribution >= 4 is 39.9 Å². The van der Waals surface area contributed by atoms with E-state index in [9.17, 15) is 9.90 Å². The lowest BCUT2D eigenvalue weighted by atomic mass is 10.1. The molecule has 0 fully saturated rings. The summed E-state index contributed by atoms with van der Waals surface area (Å²) in [6, 6.07) is 14.2. The third kappa shape index (κ3) is 2.34. The minimum Gasteiger partial charge on any atom is -0.493 e. The summed E-state index contributed by atoms with van der Waals surface area (Å²) in [6.45, 7) is 0. The summed E-state index contributed by atoms with van der Waals surface area (Å²) in [7, 11) is 0. The highest BCUT2D eigenvalue weighted by Crippen LogP contribution is 2.44. The molecular formula is C17H12N4O3S. The number of aromatic hydroxyl groups is 1. The van der Waals surface area contributed by atoms with Gasteiger partial charge in [-0.2, -0.15) is 0 Å². The normalized spacial score (nSPS) is 16.3. The largest absolute Gasteiger partial charge is 0.493 e. The van der Waals surface area contributed by atoms with E-state index < -0.39 is 12.2 Å². The minimum atomic E-state index is -0.789. The molecule has 2 aromatic carbocycles. The van der Waals surface area contributed by atoms with Gasteiger partial charge < -0.3 is 15.6 Å². The molecule has 0 saturated carbocycles. The summed E-state index contributed by atoms with van der Waals surface area (Å²) >= 11 is 4.70. The smallest absolute Gasteiger partial charge is 0.340 e. The molecular weight excluding hydrogens is 340 g/mol. The summed E-state index contributed by atoms with van der Waals surface area (Å²) < 4.78 is 6.99. The summed E-state index contributed by atoms with van der Waals surface area (Å²) in [5, 5.41) is 18.8. The van der Waals surface area contributed by atoms with Gasteiger partial charge in [-0.15, -0.1) is 10.2 Å². The molecule has 3 aromatic rings. The van der Waals surface area contributed by atoms with Gasteiger partial charge in [-0.3, -0.25) is 4.57 Å². The molecule has 4 rings (SSSR count). The number of fused-ring (bicyclic) bond motifs is 2. The molecule has 0 amide bonds. The maximum atomic E-state index is 12.1. The number of azo groups is 1. The molecule has 1 aromatic heterocycles. The predicted molar refractivity (Wildman–Crippen MR) is 94.9 cm³/mol. The molecule has 8 heteroatoms. The molecule has 25 heavy (non-hydrogen) atoms. The Morgan fingerprint density at radius 1 is 1.20 bits per heavy atom. The fourth-order valence-electron chi connectivity index (χ4n) is 2.99. The second-order valence-corrected chi connectivity index (χ2v) is 5.86. The number of nitrogens with zero attached hydrogens (tertiary/aromatic N) is 3. The van der Waals surface area contributed by atoms with E-state index in [-0.39, 0.29) is 16.7 Å². The molecule has 2 heterocycles. The van der Waals surface area contributed by atoms with Crippen molar-refractivity contribution in [1.82, 2.24) is 4.57 Å². The van der Waals surface area contributed by atoms with Crippen LogP contribution in [0.1, 0.15) is 22.1 Å². The van der Waals surface area contributed by atoms with Crippen LogP contribution in [0.5, 0.6) is 5.88 Å². The highest BCUT2D eigenvalue weighted by Gasteiger charge is 2.35. The number of nitrogens with two attached hydrogens (primary N) is 1. The lowest BCUT2D eigenvalue weighted by Crippen LogP contribution is -2.09. The Balaban J connectivity index is 1.96. The van der Waals surface area contributed by atoms with Gasteiger partial charge in [-0.05, 0) is 24.4 Å². The number of carbonyl (C=O) groups is 1. The quantitative estimate of drug-likeness (QED) is 0.418. The molecule has 0 saturated heterocycles. The zero-order valence-corrected chi connectivity index (χ0v) is 13.6. The molecule has 7 nitrogen and oxygen atoms in total. The number of thiocarbonyl (C=S) groups is 1. The van der Waals surface area contributed by atoms with E-state index in [2.05, 4.69) is 10.2 Å². The summed E-state index contributed by atoms with van der Waals surface area (Å²) in [6.07, 6.45) is -0.789. The number of cyclic esters (lactones) is 1. The molecule has 0 spiro atoms. The maximum Gasteiger partial charge on any atom is 0.340 e. The molecule has 0 aliphatic carbocycles. The number of esters is 1. The number of rotatable bonds is 2. The number of hydrogen-bond acceptors (Lipinski definition) is 5. The second-order valence-electron chi connectivity index (χ2n) is 5.44. The SMILES string of the molecule is NC(=S)N=Nc1c(O)n(C2OC(=O)c3ccccc32)c2ccccc12. The molecule has 3 N–H and O–H groups in total. The number of hydrogen-bond donors (Lipinski definition) is 2. The zero-order chi connectivity index (χ0) is 17.6. The highest BCUT2D eigenvalue weighted by molar-refractivity contribution is 7.80. The highest BCUT2D eigenvalue weighted by atomic mass is 32.1. The van der Waals surface area contributed by atoms with E-state index in [1.54, 1.807) is 36.4 Å². The zero-order valence-electron chi connectivity index (χ0n) is 12.8. The van der Waals surface area contributed by atoms with E-state index >= 15 is 0 Å². The lowest BCUT2D eigenvalue weighted by Gasteiger charge is -2.15. The summed E-state index contributed by atoms with van der Waals surface area (Å²) in [4.78, 5) is 12.1. The van der Waals surface area contributed by atoms with Crippen molar-refractivity contribution in [3.05, 3.63) is 59.7 Å². The topological polar surface area (TPSA) is 102 Å². The van der Waals surface area contributed by atoms with E-state index in [1.165, 1.54) is 4.57 Å². The van der Waals surface area contributed by atoms with E-state index in [4.69, 9.17) is 22.7 Å². The van der Waals surface area contributed by atoms with Crippen molar-refractivity contribution in [2.24, 2.45) is 16.0 Å². The van der Waals surface area contributed by atoms with Crippen LogP contribution >= 0.6 is 12.2 Å². The Labute approximate surface area is 147 Å². The second kappa shape index (κ2) is 5.67. The van der Waals surface area contributed by atoms with Crippen molar-refractivity contribution in [2.45, 2.75) is 6.23 Å². The molecule has 1 unspecified atom stereocenters. The monoisotopic (exact) mass is 352 g/mol. The minimum absolute atomic E-state index is 0.145. The third-order valence-electron chi connectivity index (χ3n) is 4.01. The summed E-state index contributed by atoms with van der Waals surface area (Å²) in [5.41, 5.74) is 7.35. The molecule has 1 aliphatic heterocycles. The van der Waals surface area contributed by atoms with Crippen molar-refractivity contribution < 1.29 is 14.6 Å². The number of aromatic nitrogens is 1. The molecule has 1 aliphatic rings. The van der Waals surface area contributed by atoms with Crippen LogP contribution in [0.2, 0.25) is 0 Å². The van der Waals surface area contributed by atoms with Crippen molar-refractivity contribution in [3.63, 3.8) is 0 Å². The summed E-state index contributed by atoms with van der Waals surface area (Å²) in [5.74, 6) is -0.625. The Morgan fingerprint density at radius 3 is 2.72 bits per heavy atom. The first kappa shape index (κ1) is 15.3. The van der Waals surface area contributed by atoms with E-state index in [0.717, 1.165) is 0 Å². The average Bonchev–Trinajstić information content (AvgIpc) is 3.07. The van der Waals surface area contributed by atoms with Crippen LogP contribution in [0.25, 0.3) is 10.9 Å². The first-order valence-electron chi connectivity index (χ1n) is 7.41. The van der Waals surface area contributed by atoms with Crippen LogP contribution in [0.4, 0.5) is 5.69 Å². The Bertz CT molecular complexity index is 1060. The van der Waals surface area contributed by atoms with Gasteiger partial charge in [0, 0.05) is 10.9 Å². The number of para-hydroxylation sites is 1. The van der Waals surface area contributed by atoms with Crippen LogP contribution in [-0.2, 0) is 4.74 Å². The van der Waals surface area contributed by atoms with E-state index in [1.807, 2.05) is 12.1 Å². The van der Waals surface area contributed by atoms with Crippen LogP contribution in [0.15, 0.2) is 58.8 Å². The number of carbonyl (C=O) groups excluding carboxylic acids is 1. The number of ether oxygens (including phenoxy) is 1. The van der Waals surface area contributed by atoms with Gasteiger partial charge in [-0.1, -0.05) is 36.4 Å². The Hall–Kier alpha value is -3.26. The molecule has 0 bridgehead atoms. The van der Waals surface area contributed by atoms with Crippen LogP contribution in [0, 0.1) is 0 Å². The van der Waals surface area contributed by atoms with Crippen LogP contribution in [0.3, 0.4) is 0 Å². The van der Waals surface area contributed by atoms with Crippen molar-refractivity contribution in [3.8, 4) is 5.88 Å². The fourth-order valence-corrected chi connectivity index (χ4v) is 3.03. The van der Waals surface area contributed by atoms with Crippen LogP contribution < -0.4 is 5.73 Å². The molecule has 124 valence electrons. The third-order valence-corrected chi connectivity index (χ3v) is 4.09. The first-order valence-corrected chi connectivity index (χ1v) is 7.81. The van der Waals surface area contributed by atoms with Gasteiger partial charge in [-0.25, -0.2) is 4.79 Å². The average molecular weight is 352 g/mol. The van der Waals surface area contributed by atoms with Gasteiger partial charge in [0.15, 0.2) is 5.69 Å². The lowest BCUT2D eigenvalue weighted by molar-refractivity contribution is 0.0318. The maximum absolute atomic E-state index is 12.1. The van der Waals surface area contributed by atoms with Crippen LogP contribution in [-0.4, -0.2) is 20.8 Å². The fraction of sp³-hybridized carbons (Fsp3) is 0.0588. The Kier molecular flexibility index (Phi) is 3.47. The predicted octanol–water partition coefficient (Wildman–Crippen LogP) is 3.39. The Morgan fingerprint density at radius 2 is 1.92 bits per heavy atom. The van der Waals surface area contributed by atoms with Gasteiger partial charge in [0.1, 0.15) is 0 Å².